The Morgan fingerprint density at radius 2 is 1.71 bits per heavy atom. The first kappa shape index (κ1) is 24.3. The third-order valence-corrected chi connectivity index (χ3v) is 6.46. The van der Waals surface area contributed by atoms with Crippen LogP contribution in [0.5, 0.6) is 0 Å². The molecule has 34 heavy (non-hydrogen) atoms. The largest absolute Gasteiger partial charge is 0.272 e. The summed E-state index contributed by atoms with van der Waals surface area (Å²) in [6, 6.07) is 20.4. The highest BCUT2D eigenvalue weighted by atomic mass is 35.5. The molecule has 0 unspecified atom stereocenters. The van der Waals surface area contributed by atoms with Crippen LogP contribution in [0, 0.1) is 6.92 Å². The number of halogens is 3. The van der Waals surface area contributed by atoms with Gasteiger partial charge in [-0.05, 0) is 43.3 Å². The van der Waals surface area contributed by atoms with Crippen LogP contribution >= 0.6 is 46.6 Å². The normalized spacial score (nSPS) is 11.2. The summed E-state index contributed by atoms with van der Waals surface area (Å²) in [5.74, 6) is 0.459. The van der Waals surface area contributed by atoms with Gasteiger partial charge in [0, 0.05) is 26.9 Å². The van der Waals surface area contributed by atoms with Crippen LogP contribution < -0.4 is 5.43 Å². The van der Waals surface area contributed by atoms with Crippen LogP contribution in [0.3, 0.4) is 0 Å². The first-order valence-electron chi connectivity index (χ1n) is 10.1. The Morgan fingerprint density at radius 1 is 1.00 bits per heavy atom. The van der Waals surface area contributed by atoms with Crippen LogP contribution in [-0.4, -0.2) is 32.6 Å². The summed E-state index contributed by atoms with van der Waals surface area (Å²) < 4.78 is 1.90. The number of nitrogens with zero attached hydrogens (tertiary/aromatic N) is 4. The van der Waals surface area contributed by atoms with Gasteiger partial charge in [0.2, 0.25) is 0 Å². The average Bonchev–Trinajstić information content (AvgIpc) is 3.24. The number of carbonyl (C=O) groups is 1. The number of thioether (sulfide) groups is 1. The van der Waals surface area contributed by atoms with Crippen LogP contribution in [0.15, 0.2) is 77.0 Å². The molecule has 0 spiro atoms. The van der Waals surface area contributed by atoms with E-state index >= 15 is 0 Å². The Labute approximate surface area is 215 Å². The third kappa shape index (κ3) is 5.98. The highest BCUT2D eigenvalue weighted by molar-refractivity contribution is 7.99. The second-order valence-electron chi connectivity index (χ2n) is 7.23. The molecule has 0 aliphatic heterocycles. The van der Waals surface area contributed by atoms with E-state index in [0.29, 0.717) is 31.6 Å². The van der Waals surface area contributed by atoms with Gasteiger partial charge in [0.1, 0.15) is 0 Å². The van der Waals surface area contributed by atoms with Crippen LogP contribution in [-0.2, 0) is 4.79 Å². The SMILES string of the molecule is Cc1ccc(-c2nnc(SCC(=O)N/N=C\c3ccc(Cl)cc3Cl)n2-c2ccc(Cl)cc2)cc1. The highest BCUT2D eigenvalue weighted by Crippen LogP contribution is 2.29. The van der Waals surface area contributed by atoms with E-state index in [0.717, 1.165) is 16.8 Å². The maximum absolute atomic E-state index is 12.4. The second kappa shape index (κ2) is 11.1. The van der Waals surface area contributed by atoms with Crippen LogP contribution in [0.1, 0.15) is 11.1 Å². The fourth-order valence-electron chi connectivity index (χ4n) is 3.02. The summed E-state index contributed by atoms with van der Waals surface area (Å²) in [5.41, 5.74) is 6.03. The van der Waals surface area contributed by atoms with Crippen LogP contribution in [0.4, 0.5) is 0 Å². The molecule has 4 rings (SSSR count). The van der Waals surface area contributed by atoms with Gasteiger partial charge in [-0.2, -0.15) is 5.10 Å². The molecule has 10 heteroatoms. The minimum absolute atomic E-state index is 0.0886. The van der Waals surface area contributed by atoms with Crippen molar-refractivity contribution in [3.63, 3.8) is 0 Å². The molecule has 0 aliphatic carbocycles. The maximum Gasteiger partial charge on any atom is 0.250 e. The van der Waals surface area contributed by atoms with E-state index in [-0.39, 0.29) is 11.7 Å². The molecule has 1 amide bonds. The molecule has 0 aliphatic rings. The minimum atomic E-state index is -0.297. The Morgan fingerprint density at radius 3 is 2.41 bits per heavy atom. The lowest BCUT2D eigenvalue weighted by molar-refractivity contribution is -0.118. The molecule has 0 saturated carbocycles. The number of aryl methyl sites for hydroxylation is 1. The van der Waals surface area contributed by atoms with Crippen molar-refractivity contribution >= 4 is 58.7 Å². The van der Waals surface area contributed by atoms with Gasteiger partial charge < -0.3 is 0 Å². The number of aromatic nitrogens is 3. The molecule has 0 atom stereocenters. The molecule has 6 nitrogen and oxygen atoms in total. The zero-order chi connectivity index (χ0) is 24.1. The van der Waals surface area contributed by atoms with Gasteiger partial charge in [0.25, 0.3) is 5.91 Å². The number of hydrogen-bond donors (Lipinski definition) is 1. The number of nitrogens with one attached hydrogen (secondary N) is 1. The van der Waals surface area contributed by atoms with E-state index in [2.05, 4.69) is 20.7 Å². The number of benzene rings is 3. The standard InChI is InChI=1S/C24H18Cl3N5OS/c1-15-2-4-16(5-3-15)23-30-31-24(32(23)20-10-8-18(25)9-11-20)34-14-22(33)29-28-13-17-6-7-19(26)12-21(17)27/h2-13H,14H2,1H3,(H,29,33)/b28-13-. The molecule has 172 valence electrons. The Kier molecular flexibility index (Phi) is 7.90. The molecule has 1 aromatic heterocycles. The Balaban J connectivity index is 1.51. The van der Waals surface area contributed by atoms with Gasteiger partial charge in [-0.3, -0.25) is 9.36 Å². The van der Waals surface area contributed by atoms with E-state index < -0.39 is 0 Å². The summed E-state index contributed by atoms with van der Waals surface area (Å²) in [7, 11) is 0. The molecule has 0 bridgehead atoms. The molecular formula is C24H18Cl3N5OS. The maximum atomic E-state index is 12.4. The lowest BCUT2D eigenvalue weighted by atomic mass is 10.1. The third-order valence-electron chi connectivity index (χ3n) is 4.72. The van der Waals surface area contributed by atoms with Gasteiger partial charge in [-0.15, -0.1) is 10.2 Å². The number of carbonyl (C=O) groups excluding carboxylic acids is 1. The van der Waals surface area contributed by atoms with Crippen molar-refractivity contribution in [2.45, 2.75) is 12.1 Å². The van der Waals surface area contributed by atoms with Crippen molar-refractivity contribution in [2.75, 3.05) is 5.75 Å². The lowest BCUT2D eigenvalue weighted by Crippen LogP contribution is -2.20. The van der Waals surface area contributed by atoms with Crippen LogP contribution in [0.2, 0.25) is 15.1 Å². The summed E-state index contributed by atoms with van der Waals surface area (Å²) >= 11 is 19.3. The molecule has 0 fully saturated rings. The molecule has 1 heterocycles. The molecule has 1 N–H and O–H groups in total. The summed E-state index contributed by atoms with van der Waals surface area (Å²) in [6.45, 7) is 2.02. The summed E-state index contributed by atoms with van der Waals surface area (Å²) in [4.78, 5) is 12.4. The van der Waals surface area contributed by atoms with Gasteiger partial charge in [0.15, 0.2) is 11.0 Å². The number of hydrazone groups is 1. The van der Waals surface area contributed by atoms with E-state index in [9.17, 15) is 4.79 Å². The molecule has 3 aromatic carbocycles. The number of rotatable bonds is 7. The molecule has 4 aromatic rings. The molecule has 0 saturated heterocycles. The van der Waals surface area contributed by atoms with Crippen molar-refractivity contribution in [3.05, 3.63) is 92.9 Å². The minimum Gasteiger partial charge on any atom is -0.272 e. The van der Waals surface area contributed by atoms with Gasteiger partial charge in [0.05, 0.1) is 17.0 Å². The number of amides is 1. The Bertz CT molecular complexity index is 1340. The van der Waals surface area contributed by atoms with Crippen molar-refractivity contribution in [1.82, 2.24) is 20.2 Å². The first-order chi connectivity index (χ1) is 16.4. The fraction of sp³-hybridized carbons (Fsp3) is 0.0833. The Hall–Kier alpha value is -2.84. The smallest absolute Gasteiger partial charge is 0.250 e. The molecular weight excluding hydrogens is 513 g/mol. The van der Waals surface area contributed by atoms with Crippen LogP contribution in [0.25, 0.3) is 17.1 Å². The van der Waals surface area contributed by atoms with E-state index in [1.807, 2.05) is 47.9 Å². The van der Waals surface area contributed by atoms with Crippen molar-refractivity contribution < 1.29 is 4.79 Å². The first-order valence-corrected chi connectivity index (χ1v) is 12.2. The van der Waals surface area contributed by atoms with Crippen molar-refractivity contribution in [3.8, 4) is 17.1 Å². The quantitative estimate of drug-likeness (QED) is 0.169. The highest BCUT2D eigenvalue weighted by Gasteiger charge is 2.17. The topological polar surface area (TPSA) is 72.2 Å². The van der Waals surface area contributed by atoms with Crippen molar-refractivity contribution in [1.29, 1.82) is 0 Å². The summed E-state index contributed by atoms with van der Waals surface area (Å²) in [6.07, 6.45) is 1.47. The van der Waals surface area contributed by atoms with E-state index in [1.54, 1.807) is 30.3 Å². The predicted octanol–water partition coefficient (Wildman–Crippen LogP) is 6.45. The molecule has 0 radical (unpaired) electrons. The van der Waals surface area contributed by atoms with E-state index in [4.69, 9.17) is 34.8 Å². The average molecular weight is 531 g/mol. The second-order valence-corrected chi connectivity index (χ2v) is 9.45. The predicted molar refractivity (Wildman–Crippen MR) is 139 cm³/mol. The van der Waals surface area contributed by atoms with Gasteiger partial charge in [-0.1, -0.05) is 82.5 Å². The zero-order valence-electron chi connectivity index (χ0n) is 17.9. The fourth-order valence-corrected chi connectivity index (χ4v) is 4.35. The number of hydrogen-bond acceptors (Lipinski definition) is 5. The lowest BCUT2D eigenvalue weighted by Gasteiger charge is -2.10. The van der Waals surface area contributed by atoms with Gasteiger partial charge >= 0.3 is 0 Å². The van der Waals surface area contributed by atoms with Crippen molar-refractivity contribution in [2.24, 2.45) is 5.10 Å². The zero-order valence-corrected chi connectivity index (χ0v) is 21.0. The summed E-state index contributed by atoms with van der Waals surface area (Å²) in [5, 5.41) is 14.8. The van der Waals surface area contributed by atoms with Gasteiger partial charge in [-0.25, -0.2) is 5.43 Å². The monoisotopic (exact) mass is 529 g/mol. The van der Waals surface area contributed by atoms with E-state index in [1.165, 1.54) is 18.0 Å².